The molecule has 3 amide bonds. The van der Waals surface area contributed by atoms with Gasteiger partial charge in [0.1, 0.15) is 24.4 Å². The van der Waals surface area contributed by atoms with Gasteiger partial charge in [-0.2, -0.15) is 0 Å². The number of nitrogens with one attached hydrogen (secondary N) is 2. The third-order valence-corrected chi connectivity index (χ3v) is 9.03. The van der Waals surface area contributed by atoms with E-state index in [-0.39, 0.29) is 62.4 Å². The molecular weight excluding hydrogens is 608 g/mol. The van der Waals surface area contributed by atoms with Gasteiger partial charge >= 0.3 is 11.8 Å². The normalized spacial score (nSPS) is 22.0. The smallest absolute Gasteiger partial charge is 0.312 e. The Bertz CT molecular complexity index is 1680. The molecule has 2 aliphatic heterocycles. The number of likely N-dealkylation sites (tertiary alicyclic amines) is 1. The summed E-state index contributed by atoms with van der Waals surface area (Å²) >= 11 is 6.00. The standard InChI is InChI=1S/C32H32ClF2N5O5/c33-22-5-1-21(2-6-22)18-45-26-25(27(41)36-16-20-3-7-23(34)8-4-20)37-31-32(12-9-19(15-32)10-14-40(31)29(26)43)38-28(42)30(44)39-13-11-24(35)17-39/h1-8,19,24H,9-18H2,(H,36,41)(H,38,42)/t19?,24-,32?/m1/s1. The van der Waals surface area contributed by atoms with Crippen LogP contribution in [0.2, 0.25) is 5.02 Å². The predicted molar refractivity (Wildman–Crippen MR) is 160 cm³/mol. The van der Waals surface area contributed by atoms with E-state index in [1.807, 2.05) is 0 Å². The lowest BCUT2D eigenvalue weighted by Crippen LogP contribution is -2.53. The highest BCUT2D eigenvalue weighted by molar-refractivity contribution is 6.35. The number of carbonyl (C=O) groups is 3. The second-order valence-electron chi connectivity index (χ2n) is 11.9. The van der Waals surface area contributed by atoms with Crippen LogP contribution in [0.3, 0.4) is 0 Å². The van der Waals surface area contributed by atoms with E-state index in [0.717, 1.165) is 6.42 Å². The number of aromatic nitrogens is 2. The summed E-state index contributed by atoms with van der Waals surface area (Å²) in [7, 11) is 0. The van der Waals surface area contributed by atoms with Crippen LogP contribution in [0, 0.1) is 11.7 Å². The van der Waals surface area contributed by atoms with Gasteiger partial charge in [-0.1, -0.05) is 35.9 Å². The number of halogens is 3. The Hall–Kier alpha value is -4.32. The van der Waals surface area contributed by atoms with E-state index >= 15 is 0 Å². The molecule has 236 valence electrons. The zero-order valence-corrected chi connectivity index (χ0v) is 25.1. The number of fused-ring (bicyclic) bond motifs is 4. The quantitative estimate of drug-likeness (QED) is 0.381. The van der Waals surface area contributed by atoms with E-state index in [1.54, 1.807) is 24.3 Å². The summed E-state index contributed by atoms with van der Waals surface area (Å²) in [5.74, 6) is -2.82. The van der Waals surface area contributed by atoms with Crippen molar-refractivity contribution in [1.82, 2.24) is 25.1 Å². The monoisotopic (exact) mass is 639 g/mol. The maximum absolute atomic E-state index is 14.1. The summed E-state index contributed by atoms with van der Waals surface area (Å²) in [4.78, 5) is 59.9. The fraction of sp³-hybridized carbons (Fsp3) is 0.406. The van der Waals surface area contributed by atoms with Crippen LogP contribution < -0.4 is 20.9 Å². The van der Waals surface area contributed by atoms with E-state index < -0.39 is 40.8 Å². The minimum absolute atomic E-state index is 0.0275. The average molecular weight is 640 g/mol. The van der Waals surface area contributed by atoms with Crippen LogP contribution >= 0.6 is 11.6 Å². The minimum atomic E-state index is -1.19. The lowest BCUT2D eigenvalue weighted by Gasteiger charge is -2.32. The number of benzene rings is 2. The van der Waals surface area contributed by atoms with Crippen LogP contribution in [0.4, 0.5) is 8.78 Å². The highest BCUT2D eigenvalue weighted by atomic mass is 35.5. The molecular formula is C32H32ClF2N5O5. The number of hydrogen-bond acceptors (Lipinski definition) is 6. The van der Waals surface area contributed by atoms with Gasteiger partial charge in [0.05, 0.1) is 12.1 Å². The molecule has 1 aliphatic carbocycles. The Morgan fingerprint density at radius 3 is 2.47 bits per heavy atom. The van der Waals surface area contributed by atoms with Crippen LogP contribution in [0.25, 0.3) is 0 Å². The number of rotatable bonds is 7. The molecule has 13 heteroatoms. The second-order valence-corrected chi connectivity index (χ2v) is 12.3. The summed E-state index contributed by atoms with van der Waals surface area (Å²) in [6, 6.07) is 12.4. The van der Waals surface area contributed by atoms with Crippen molar-refractivity contribution in [3.8, 4) is 5.75 Å². The third-order valence-electron chi connectivity index (χ3n) is 8.78. The van der Waals surface area contributed by atoms with Crippen molar-refractivity contribution in [2.24, 2.45) is 5.92 Å². The summed E-state index contributed by atoms with van der Waals surface area (Å²) in [5, 5.41) is 6.12. The molecule has 45 heavy (non-hydrogen) atoms. The molecule has 1 aromatic heterocycles. The van der Waals surface area contributed by atoms with Gasteiger partial charge in [0.15, 0.2) is 5.69 Å². The predicted octanol–water partition coefficient (Wildman–Crippen LogP) is 3.63. The molecule has 0 radical (unpaired) electrons. The van der Waals surface area contributed by atoms with Gasteiger partial charge in [-0.25, -0.2) is 13.8 Å². The lowest BCUT2D eigenvalue weighted by atomic mass is 9.94. The molecule has 2 N–H and O–H groups in total. The molecule has 10 nitrogen and oxygen atoms in total. The van der Waals surface area contributed by atoms with Crippen molar-refractivity contribution < 1.29 is 27.9 Å². The van der Waals surface area contributed by atoms with E-state index in [0.29, 0.717) is 35.4 Å². The van der Waals surface area contributed by atoms with Gasteiger partial charge in [0.2, 0.25) is 5.75 Å². The Labute approximate surface area is 262 Å². The molecule has 1 saturated heterocycles. The number of carbonyl (C=O) groups excluding carboxylic acids is 3. The highest BCUT2D eigenvalue weighted by Gasteiger charge is 2.49. The van der Waals surface area contributed by atoms with E-state index in [4.69, 9.17) is 21.3 Å². The summed E-state index contributed by atoms with van der Waals surface area (Å²) in [5.41, 5.74) is -0.725. The first-order valence-corrected chi connectivity index (χ1v) is 15.3. The largest absolute Gasteiger partial charge is 0.481 e. The zero-order chi connectivity index (χ0) is 31.7. The Morgan fingerprint density at radius 1 is 1.02 bits per heavy atom. The summed E-state index contributed by atoms with van der Waals surface area (Å²) in [6.45, 7) is 0.254. The maximum Gasteiger partial charge on any atom is 0.312 e. The van der Waals surface area contributed by atoms with Crippen LogP contribution in [-0.4, -0.2) is 51.4 Å². The number of alkyl halides is 1. The van der Waals surface area contributed by atoms with Crippen molar-refractivity contribution >= 4 is 29.3 Å². The molecule has 2 fully saturated rings. The Balaban J connectivity index is 1.36. The Kier molecular flexibility index (Phi) is 8.59. The van der Waals surface area contributed by atoms with Gasteiger partial charge in [-0.05, 0) is 73.4 Å². The van der Waals surface area contributed by atoms with Gasteiger partial charge in [-0.15, -0.1) is 0 Å². The van der Waals surface area contributed by atoms with Crippen molar-refractivity contribution in [3.63, 3.8) is 0 Å². The van der Waals surface area contributed by atoms with Crippen molar-refractivity contribution in [1.29, 1.82) is 0 Å². The lowest BCUT2D eigenvalue weighted by molar-refractivity contribution is -0.146. The molecule has 2 aromatic carbocycles. The van der Waals surface area contributed by atoms with Gasteiger partial charge in [-0.3, -0.25) is 23.7 Å². The van der Waals surface area contributed by atoms with Crippen molar-refractivity contribution in [2.45, 2.75) is 63.5 Å². The third kappa shape index (κ3) is 6.42. The van der Waals surface area contributed by atoms with Gasteiger partial charge < -0.3 is 20.3 Å². The van der Waals surface area contributed by atoms with Crippen LogP contribution in [0.1, 0.15) is 59.5 Å². The fourth-order valence-electron chi connectivity index (χ4n) is 6.39. The first kappa shape index (κ1) is 30.7. The zero-order valence-electron chi connectivity index (χ0n) is 24.4. The summed E-state index contributed by atoms with van der Waals surface area (Å²) in [6.07, 6.45) is 1.16. The number of nitrogens with zero attached hydrogens (tertiary/aromatic N) is 3. The van der Waals surface area contributed by atoms with E-state index in [2.05, 4.69) is 10.6 Å². The van der Waals surface area contributed by atoms with Gasteiger partial charge in [0, 0.05) is 24.7 Å². The number of ether oxygens (including phenoxy) is 1. The first-order valence-electron chi connectivity index (χ1n) is 14.9. The topological polar surface area (TPSA) is 123 Å². The number of amides is 3. The molecule has 0 spiro atoms. The molecule has 3 atom stereocenters. The SMILES string of the molecule is O=C(NC12CCC(CCn3c1nc(C(=O)NCc1ccc(F)cc1)c(OCc1ccc(Cl)cc1)c3=O)C2)C(=O)N1CC[C@@H](F)C1. The van der Waals surface area contributed by atoms with Crippen molar-refractivity contribution in [3.05, 3.63) is 92.4 Å². The van der Waals surface area contributed by atoms with Crippen LogP contribution in [0.15, 0.2) is 53.3 Å². The molecule has 1 saturated carbocycles. The highest BCUT2D eigenvalue weighted by Crippen LogP contribution is 2.45. The van der Waals surface area contributed by atoms with Crippen LogP contribution in [0.5, 0.6) is 5.75 Å². The summed E-state index contributed by atoms with van der Waals surface area (Å²) < 4.78 is 34.6. The average Bonchev–Trinajstić information content (AvgIpc) is 3.61. The Morgan fingerprint density at radius 2 is 1.76 bits per heavy atom. The first-order chi connectivity index (χ1) is 21.6. The molecule has 6 rings (SSSR count). The minimum Gasteiger partial charge on any atom is -0.481 e. The second kappa shape index (κ2) is 12.6. The van der Waals surface area contributed by atoms with E-state index in [1.165, 1.54) is 33.7 Å². The molecule has 2 unspecified atom stereocenters. The van der Waals surface area contributed by atoms with Crippen molar-refractivity contribution in [2.75, 3.05) is 13.1 Å². The van der Waals surface area contributed by atoms with E-state index in [9.17, 15) is 28.0 Å². The number of hydrogen-bond donors (Lipinski definition) is 2. The molecule has 3 heterocycles. The molecule has 3 aromatic rings. The molecule has 2 bridgehead atoms. The maximum atomic E-state index is 14.1. The van der Waals surface area contributed by atoms with Gasteiger partial charge in [0.25, 0.3) is 11.5 Å². The molecule has 3 aliphatic rings. The fourth-order valence-corrected chi connectivity index (χ4v) is 6.52. The van der Waals surface area contributed by atoms with Crippen LogP contribution in [-0.2, 0) is 34.8 Å².